The molecule has 0 aromatic rings. The van der Waals surface area contributed by atoms with E-state index in [2.05, 4.69) is 66.0 Å². The molecule has 2 aliphatic heterocycles. The number of hydrogen-bond donors (Lipinski definition) is 2. The number of carbonyl (C=O) groups is 2. The second kappa shape index (κ2) is 7.82. The van der Waals surface area contributed by atoms with E-state index in [1.807, 2.05) is 0 Å². The Balaban J connectivity index is 2.44. The lowest BCUT2D eigenvalue weighted by Crippen LogP contribution is -2.68. The molecule has 2 rings (SSSR count). The van der Waals surface area contributed by atoms with Gasteiger partial charge in [0.1, 0.15) is 0 Å². The Labute approximate surface area is 175 Å². The quantitative estimate of drug-likeness (QED) is 0.637. The van der Waals surface area contributed by atoms with Gasteiger partial charge in [-0.2, -0.15) is 0 Å². The van der Waals surface area contributed by atoms with Gasteiger partial charge >= 0.3 is 0 Å². The number of carboxylic acid groups (broad SMARTS) is 2. The zero-order valence-corrected chi connectivity index (χ0v) is 19.3. The molecule has 1 atom stereocenters. The summed E-state index contributed by atoms with van der Waals surface area (Å²) in [6.45, 7) is 16.1. The van der Waals surface area contributed by atoms with Gasteiger partial charge in [-0.1, -0.05) is 0 Å². The molecule has 0 radical (unpaired) electrons. The highest BCUT2D eigenvalue weighted by atomic mass is 16.4. The molecule has 2 aliphatic rings. The van der Waals surface area contributed by atoms with Crippen LogP contribution in [0.5, 0.6) is 0 Å². The fourth-order valence-corrected chi connectivity index (χ4v) is 6.33. The van der Waals surface area contributed by atoms with Crippen molar-refractivity contribution in [2.24, 2.45) is 5.92 Å². The molecule has 2 saturated heterocycles. The van der Waals surface area contributed by atoms with Crippen LogP contribution in [0, 0.1) is 5.92 Å². The lowest BCUT2D eigenvalue weighted by atomic mass is 9.71. The predicted octanol–water partition coefficient (Wildman–Crippen LogP) is 0.0228. The van der Waals surface area contributed by atoms with Gasteiger partial charge in [0.05, 0.1) is 18.0 Å². The van der Waals surface area contributed by atoms with E-state index in [0.29, 0.717) is 25.7 Å². The van der Waals surface area contributed by atoms with Crippen molar-refractivity contribution in [1.29, 1.82) is 0 Å². The van der Waals surface area contributed by atoms with Crippen LogP contribution in [0.15, 0.2) is 0 Å². The number of nitrogens with zero attached hydrogens (tertiary/aromatic N) is 1. The maximum absolute atomic E-state index is 12.4. The third-order valence-corrected chi connectivity index (χ3v) is 6.22. The van der Waals surface area contributed by atoms with E-state index in [1.54, 1.807) is 4.90 Å². The average Bonchev–Trinajstić information content (AvgIpc) is 2.38. The topological polar surface area (TPSA) is 108 Å². The van der Waals surface area contributed by atoms with Gasteiger partial charge in [0.25, 0.3) is 0 Å². The monoisotopic (exact) mass is 409 g/mol. The van der Waals surface area contributed by atoms with E-state index >= 15 is 0 Å². The van der Waals surface area contributed by atoms with Crippen LogP contribution in [0.25, 0.3) is 0 Å². The van der Waals surface area contributed by atoms with E-state index in [9.17, 15) is 19.8 Å². The molecular formula is C22H39N3O4-2. The Morgan fingerprint density at radius 1 is 0.828 bits per heavy atom. The third kappa shape index (κ3) is 6.40. The van der Waals surface area contributed by atoms with E-state index < -0.39 is 24.5 Å². The first kappa shape index (κ1) is 24.1. The minimum absolute atomic E-state index is 0.192. The lowest BCUT2D eigenvalue weighted by Gasteiger charge is -2.55. The molecule has 7 heteroatoms. The maximum atomic E-state index is 12.4. The van der Waals surface area contributed by atoms with Crippen molar-refractivity contribution < 1.29 is 19.8 Å². The standard InChI is InChI=1S/C22H41N3O4/c1-19(2)9-14(10-20(3,4)23-19)17(18(28)29)25(13-16(26)27)15-11-21(5,6)24-22(7,8)12-15/h14-15,17,23-24H,9-13H2,1-8H3,(H,26,27)(H,28,29)/p-2. The fraction of sp³-hybridized carbons (Fsp3) is 0.909. The first-order chi connectivity index (χ1) is 12.9. The van der Waals surface area contributed by atoms with Crippen molar-refractivity contribution >= 4 is 11.9 Å². The van der Waals surface area contributed by atoms with Crippen LogP contribution in [-0.2, 0) is 9.59 Å². The summed E-state index contributed by atoms with van der Waals surface area (Å²) in [6.07, 6.45) is 2.59. The van der Waals surface area contributed by atoms with Crippen LogP contribution in [0.4, 0.5) is 0 Å². The molecule has 168 valence electrons. The van der Waals surface area contributed by atoms with Gasteiger partial charge in [-0.05, 0) is 87.0 Å². The summed E-state index contributed by atoms with van der Waals surface area (Å²) < 4.78 is 0. The van der Waals surface area contributed by atoms with Crippen LogP contribution in [0.3, 0.4) is 0 Å². The highest BCUT2D eigenvalue weighted by Gasteiger charge is 2.46. The third-order valence-electron chi connectivity index (χ3n) is 6.22. The van der Waals surface area contributed by atoms with Crippen molar-refractivity contribution in [3.63, 3.8) is 0 Å². The highest BCUT2D eigenvalue weighted by molar-refractivity contribution is 5.74. The SMILES string of the molecule is CC1(C)CC(C(C(=O)[O-])N(CC(=O)[O-])C2CC(C)(C)NC(C)(C)C2)CC(C)(C)N1. The van der Waals surface area contributed by atoms with E-state index in [-0.39, 0.29) is 34.1 Å². The zero-order valence-electron chi connectivity index (χ0n) is 19.3. The van der Waals surface area contributed by atoms with Gasteiger partial charge in [0.2, 0.25) is 0 Å². The number of hydrogen-bond acceptors (Lipinski definition) is 7. The normalized spacial score (nSPS) is 27.5. The van der Waals surface area contributed by atoms with Gasteiger partial charge in [-0.3, -0.25) is 4.90 Å². The highest BCUT2D eigenvalue weighted by Crippen LogP contribution is 2.39. The molecule has 0 spiro atoms. The number of nitrogens with one attached hydrogen (secondary N) is 2. The van der Waals surface area contributed by atoms with Gasteiger partial charge in [-0.15, -0.1) is 0 Å². The number of carbonyl (C=O) groups excluding carboxylic acids is 2. The molecule has 7 nitrogen and oxygen atoms in total. The van der Waals surface area contributed by atoms with Crippen molar-refractivity contribution in [2.45, 2.75) is 115 Å². The first-order valence-electron chi connectivity index (χ1n) is 10.7. The average molecular weight is 410 g/mol. The largest absolute Gasteiger partial charge is 0.549 e. The second-order valence-corrected chi connectivity index (χ2v) is 11.8. The number of piperidine rings is 2. The molecule has 0 bridgehead atoms. The molecule has 2 N–H and O–H groups in total. The number of carboxylic acids is 2. The number of aliphatic carboxylic acids is 2. The molecule has 0 amide bonds. The minimum Gasteiger partial charge on any atom is -0.549 e. The summed E-state index contributed by atoms with van der Waals surface area (Å²) in [7, 11) is 0. The first-order valence-corrected chi connectivity index (χ1v) is 10.7. The smallest absolute Gasteiger partial charge is 0.0589 e. The molecule has 0 aliphatic carbocycles. The van der Waals surface area contributed by atoms with Crippen molar-refractivity contribution in [3.8, 4) is 0 Å². The molecule has 0 aromatic carbocycles. The van der Waals surface area contributed by atoms with Crippen molar-refractivity contribution in [2.75, 3.05) is 6.54 Å². The molecular weight excluding hydrogens is 370 g/mol. The maximum Gasteiger partial charge on any atom is 0.0589 e. The lowest BCUT2D eigenvalue weighted by molar-refractivity contribution is -0.318. The van der Waals surface area contributed by atoms with Crippen molar-refractivity contribution in [1.82, 2.24) is 15.5 Å². The summed E-state index contributed by atoms with van der Waals surface area (Å²) in [5, 5.41) is 31.2. The predicted molar refractivity (Wildman–Crippen MR) is 109 cm³/mol. The van der Waals surface area contributed by atoms with Crippen molar-refractivity contribution in [3.05, 3.63) is 0 Å². The second-order valence-electron chi connectivity index (χ2n) is 11.8. The fourth-order valence-electron chi connectivity index (χ4n) is 6.33. The Hall–Kier alpha value is -1.18. The molecule has 2 fully saturated rings. The molecule has 2 heterocycles. The zero-order chi connectivity index (χ0) is 22.4. The van der Waals surface area contributed by atoms with Crippen LogP contribution in [-0.4, -0.2) is 57.6 Å². The summed E-state index contributed by atoms with van der Waals surface area (Å²) in [6, 6.07) is -1.16. The minimum atomic E-state index is -1.25. The van der Waals surface area contributed by atoms with Crippen LogP contribution < -0.4 is 20.8 Å². The van der Waals surface area contributed by atoms with Gasteiger partial charge in [0, 0.05) is 34.7 Å². The molecule has 0 aromatic heterocycles. The Kier molecular flexibility index (Phi) is 6.50. The van der Waals surface area contributed by atoms with Crippen LogP contribution >= 0.6 is 0 Å². The summed E-state index contributed by atoms with van der Waals surface area (Å²) in [4.78, 5) is 25.7. The summed E-state index contributed by atoms with van der Waals surface area (Å²) in [5.74, 6) is -2.66. The number of rotatable bonds is 6. The van der Waals surface area contributed by atoms with Gasteiger partial charge < -0.3 is 30.4 Å². The molecule has 0 saturated carbocycles. The van der Waals surface area contributed by atoms with Gasteiger partial charge in [0.15, 0.2) is 0 Å². The summed E-state index contributed by atoms with van der Waals surface area (Å²) >= 11 is 0. The Morgan fingerprint density at radius 2 is 1.21 bits per heavy atom. The Morgan fingerprint density at radius 3 is 1.55 bits per heavy atom. The van der Waals surface area contributed by atoms with Crippen LogP contribution in [0.2, 0.25) is 0 Å². The van der Waals surface area contributed by atoms with Gasteiger partial charge in [-0.25, -0.2) is 0 Å². The molecule has 29 heavy (non-hydrogen) atoms. The van der Waals surface area contributed by atoms with E-state index in [1.165, 1.54) is 0 Å². The molecule has 1 unspecified atom stereocenters. The summed E-state index contributed by atoms with van der Waals surface area (Å²) in [5.41, 5.74) is -0.973. The van der Waals surface area contributed by atoms with E-state index in [0.717, 1.165) is 0 Å². The van der Waals surface area contributed by atoms with Crippen LogP contribution in [0.1, 0.15) is 81.1 Å². The Bertz CT molecular complexity index is 610. The van der Waals surface area contributed by atoms with E-state index in [4.69, 9.17) is 0 Å².